The first-order chi connectivity index (χ1) is 12.2. The van der Waals surface area contributed by atoms with Crippen molar-refractivity contribution in [1.29, 1.82) is 0 Å². The van der Waals surface area contributed by atoms with Crippen LogP contribution in [0.2, 0.25) is 0 Å². The Morgan fingerprint density at radius 1 is 1.20 bits per heavy atom. The van der Waals surface area contributed by atoms with Crippen molar-refractivity contribution in [3.63, 3.8) is 0 Å². The summed E-state index contributed by atoms with van der Waals surface area (Å²) in [7, 11) is 1.36. The number of esters is 1. The molecule has 7 heteroatoms. The van der Waals surface area contributed by atoms with Gasteiger partial charge in [-0.1, -0.05) is 36.0 Å². The van der Waals surface area contributed by atoms with Gasteiger partial charge < -0.3 is 4.74 Å². The van der Waals surface area contributed by atoms with Crippen molar-refractivity contribution in [2.45, 2.75) is 11.6 Å². The molecule has 0 spiro atoms. The van der Waals surface area contributed by atoms with Crippen LogP contribution in [-0.2, 0) is 11.2 Å². The standard InChI is InChI=1S/C18H16FN3O2S/c1-24-17(23)13-8-6-12(7-9-13)10-11-25-18-20-16(21-22-18)14-4-2-3-5-15(14)19/h2-9H,10-11H2,1H3,(H,20,21,22). The predicted molar refractivity (Wildman–Crippen MR) is 94.0 cm³/mol. The number of aromatic amines is 1. The number of halogens is 1. The van der Waals surface area contributed by atoms with Crippen molar-refractivity contribution < 1.29 is 13.9 Å². The number of nitrogens with zero attached hydrogens (tertiary/aromatic N) is 2. The van der Waals surface area contributed by atoms with Gasteiger partial charge in [0.25, 0.3) is 0 Å². The van der Waals surface area contributed by atoms with Crippen LogP contribution < -0.4 is 0 Å². The van der Waals surface area contributed by atoms with E-state index in [1.807, 2.05) is 12.1 Å². The van der Waals surface area contributed by atoms with Crippen molar-refractivity contribution in [3.8, 4) is 11.4 Å². The van der Waals surface area contributed by atoms with Crippen LogP contribution in [-0.4, -0.2) is 34.0 Å². The Balaban J connectivity index is 1.56. The highest BCUT2D eigenvalue weighted by Gasteiger charge is 2.10. The van der Waals surface area contributed by atoms with Gasteiger partial charge in [0, 0.05) is 5.75 Å². The van der Waals surface area contributed by atoms with E-state index in [0.29, 0.717) is 22.1 Å². The van der Waals surface area contributed by atoms with E-state index in [1.165, 1.54) is 24.9 Å². The van der Waals surface area contributed by atoms with Gasteiger partial charge in [0.15, 0.2) is 5.82 Å². The number of ether oxygens (including phenoxy) is 1. The summed E-state index contributed by atoms with van der Waals surface area (Å²) >= 11 is 1.48. The molecule has 25 heavy (non-hydrogen) atoms. The molecular weight excluding hydrogens is 341 g/mol. The molecule has 0 atom stereocenters. The second-order valence-corrected chi connectivity index (χ2v) is 6.30. The maximum Gasteiger partial charge on any atom is 0.337 e. The Kier molecular flexibility index (Phi) is 5.45. The lowest BCUT2D eigenvalue weighted by atomic mass is 10.1. The van der Waals surface area contributed by atoms with Crippen LogP contribution in [0.25, 0.3) is 11.4 Å². The Morgan fingerprint density at radius 2 is 1.96 bits per heavy atom. The molecule has 0 aliphatic heterocycles. The van der Waals surface area contributed by atoms with Crippen LogP contribution in [0.15, 0.2) is 53.7 Å². The summed E-state index contributed by atoms with van der Waals surface area (Å²) in [5, 5.41) is 7.45. The van der Waals surface area contributed by atoms with Gasteiger partial charge >= 0.3 is 5.97 Å². The summed E-state index contributed by atoms with van der Waals surface area (Å²) in [6, 6.07) is 13.7. The van der Waals surface area contributed by atoms with Crippen LogP contribution >= 0.6 is 11.8 Å². The molecule has 1 aromatic heterocycles. The maximum atomic E-state index is 13.7. The summed E-state index contributed by atoms with van der Waals surface area (Å²) in [4.78, 5) is 15.7. The van der Waals surface area contributed by atoms with Crippen molar-refractivity contribution >= 4 is 17.7 Å². The van der Waals surface area contributed by atoms with E-state index < -0.39 is 0 Å². The van der Waals surface area contributed by atoms with Crippen molar-refractivity contribution in [3.05, 3.63) is 65.5 Å². The van der Waals surface area contributed by atoms with E-state index in [9.17, 15) is 9.18 Å². The number of hydrogen-bond donors (Lipinski definition) is 1. The van der Waals surface area contributed by atoms with Gasteiger partial charge in [-0.05, 0) is 36.2 Å². The molecule has 0 aliphatic carbocycles. The Hall–Kier alpha value is -2.67. The highest BCUT2D eigenvalue weighted by Crippen LogP contribution is 2.22. The average Bonchev–Trinajstić information content (AvgIpc) is 3.10. The molecule has 5 nitrogen and oxygen atoms in total. The number of nitrogens with one attached hydrogen (secondary N) is 1. The number of carbonyl (C=O) groups is 1. The molecule has 0 aliphatic rings. The van der Waals surface area contributed by atoms with E-state index in [1.54, 1.807) is 30.3 Å². The molecule has 3 rings (SSSR count). The Bertz CT molecular complexity index is 865. The van der Waals surface area contributed by atoms with E-state index in [4.69, 9.17) is 0 Å². The van der Waals surface area contributed by atoms with E-state index in [-0.39, 0.29) is 11.8 Å². The fourth-order valence-corrected chi connectivity index (χ4v) is 3.06. The van der Waals surface area contributed by atoms with Gasteiger partial charge in [0.1, 0.15) is 5.82 Å². The summed E-state index contributed by atoms with van der Waals surface area (Å²) in [6.07, 6.45) is 0.801. The van der Waals surface area contributed by atoms with E-state index in [2.05, 4.69) is 19.9 Å². The third-order valence-electron chi connectivity index (χ3n) is 3.59. The zero-order valence-corrected chi connectivity index (χ0v) is 14.3. The largest absolute Gasteiger partial charge is 0.465 e. The first-order valence-electron chi connectivity index (χ1n) is 7.64. The van der Waals surface area contributed by atoms with Gasteiger partial charge in [-0.3, -0.25) is 5.10 Å². The fourth-order valence-electron chi connectivity index (χ4n) is 2.27. The second kappa shape index (κ2) is 7.94. The van der Waals surface area contributed by atoms with Crippen LogP contribution in [0.3, 0.4) is 0 Å². The minimum absolute atomic E-state index is 0.333. The number of thioether (sulfide) groups is 1. The number of methoxy groups -OCH3 is 1. The number of H-pyrrole nitrogens is 1. The second-order valence-electron chi connectivity index (χ2n) is 5.23. The van der Waals surface area contributed by atoms with Gasteiger partial charge in [0.2, 0.25) is 5.16 Å². The molecule has 1 heterocycles. The molecule has 3 aromatic rings. The van der Waals surface area contributed by atoms with Crippen molar-refractivity contribution in [2.75, 3.05) is 12.9 Å². The first-order valence-corrected chi connectivity index (χ1v) is 8.63. The van der Waals surface area contributed by atoms with Crippen LogP contribution in [0.1, 0.15) is 15.9 Å². The van der Waals surface area contributed by atoms with Crippen LogP contribution in [0, 0.1) is 5.82 Å². The number of aromatic nitrogens is 3. The molecule has 2 aromatic carbocycles. The molecule has 0 unspecified atom stereocenters. The highest BCUT2D eigenvalue weighted by molar-refractivity contribution is 7.99. The number of hydrogen-bond acceptors (Lipinski definition) is 5. The van der Waals surface area contributed by atoms with Gasteiger partial charge in [0.05, 0.1) is 18.2 Å². The molecule has 0 amide bonds. The zero-order valence-electron chi connectivity index (χ0n) is 13.5. The summed E-state index contributed by atoms with van der Waals surface area (Å²) in [5.41, 5.74) is 2.03. The number of rotatable bonds is 6. The number of benzene rings is 2. The average molecular weight is 357 g/mol. The van der Waals surface area contributed by atoms with E-state index >= 15 is 0 Å². The SMILES string of the molecule is COC(=O)c1ccc(CCSc2n[nH]c(-c3ccccc3F)n2)cc1. The van der Waals surface area contributed by atoms with Crippen molar-refractivity contribution in [1.82, 2.24) is 15.2 Å². The lowest BCUT2D eigenvalue weighted by molar-refractivity contribution is 0.0600. The molecular formula is C18H16FN3O2S. The summed E-state index contributed by atoms with van der Waals surface area (Å²) < 4.78 is 18.4. The third-order valence-corrected chi connectivity index (χ3v) is 4.44. The first kappa shape index (κ1) is 17.2. The minimum Gasteiger partial charge on any atom is -0.465 e. The molecule has 1 N–H and O–H groups in total. The molecule has 0 saturated heterocycles. The maximum absolute atomic E-state index is 13.7. The zero-order chi connectivity index (χ0) is 17.6. The Morgan fingerprint density at radius 3 is 2.68 bits per heavy atom. The summed E-state index contributed by atoms with van der Waals surface area (Å²) in [6.45, 7) is 0. The Labute approximate surface area is 148 Å². The monoisotopic (exact) mass is 357 g/mol. The summed E-state index contributed by atoms with van der Waals surface area (Å²) in [5.74, 6) is 0.512. The van der Waals surface area contributed by atoms with Gasteiger partial charge in [-0.25, -0.2) is 14.2 Å². The quantitative estimate of drug-likeness (QED) is 0.538. The van der Waals surface area contributed by atoms with Crippen LogP contribution in [0.5, 0.6) is 0 Å². The molecule has 0 fully saturated rings. The van der Waals surface area contributed by atoms with Crippen molar-refractivity contribution in [2.24, 2.45) is 0 Å². The molecule has 0 saturated carbocycles. The lowest BCUT2D eigenvalue weighted by Gasteiger charge is -2.02. The van der Waals surface area contributed by atoms with Gasteiger partial charge in [-0.15, -0.1) is 5.10 Å². The predicted octanol–water partition coefficient (Wildman–Crippen LogP) is 3.73. The molecule has 0 bridgehead atoms. The minimum atomic E-state index is -0.345. The number of carbonyl (C=O) groups excluding carboxylic acids is 1. The fraction of sp³-hybridized carbons (Fsp3) is 0.167. The van der Waals surface area contributed by atoms with E-state index in [0.717, 1.165) is 17.7 Å². The highest BCUT2D eigenvalue weighted by atomic mass is 32.2. The topological polar surface area (TPSA) is 67.9 Å². The molecule has 128 valence electrons. The lowest BCUT2D eigenvalue weighted by Crippen LogP contribution is -2.01. The molecule has 0 radical (unpaired) electrons. The third kappa shape index (κ3) is 4.24. The van der Waals surface area contributed by atoms with Crippen LogP contribution in [0.4, 0.5) is 4.39 Å². The number of aryl methyl sites for hydroxylation is 1. The van der Waals surface area contributed by atoms with Gasteiger partial charge in [-0.2, -0.15) is 0 Å². The smallest absolute Gasteiger partial charge is 0.337 e. The normalized spacial score (nSPS) is 10.6.